The third kappa shape index (κ3) is 3.09. The van der Waals surface area contributed by atoms with Gasteiger partial charge in [-0.2, -0.15) is 18.3 Å². The normalized spacial score (nSPS) is 13.3. The number of alkyl halides is 3. The molecule has 1 aromatic heterocycles. The van der Waals surface area contributed by atoms with Crippen molar-refractivity contribution in [1.82, 2.24) is 9.78 Å². The van der Waals surface area contributed by atoms with Gasteiger partial charge in [0.2, 0.25) is 0 Å². The van der Waals surface area contributed by atoms with Crippen LogP contribution in [-0.2, 0) is 13.2 Å². The van der Waals surface area contributed by atoms with Gasteiger partial charge in [0.05, 0.1) is 23.5 Å². The van der Waals surface area contributed by atoms with Crippen LogP contribution in [0.4, 0.5) is 23.2 Å². The molecule has 0 amide bonds. The highest BCUT2D eigenvalue weighted by Crippen LogP contribution is 2.32. The van der Waals surface area contributed by atoms with Crippen molar-refractivity contribution in [3.05, 3.63) is 47.5 Å². The zero-order valence-electron chi connectivity index (χ0n) is 10.9. The van der Waals surface area contributed by atoms with Crippen molar-refractivity contribution >= 4 is 5.69 Å². The standard InChI is InChI=1S/C13H13F4N3/c1-8(9-6-18-20(2)7-9)19-12-5-10(13(15,16)17)3-4-11(12)14/h3-8,19H,1-2H3. The Labute approximate surface area is 113 Å². The molecule has 0 spiro atoms. The van der Waals surface area contributed by atoms with E-state index in [1.54, 1.807) is 31.0 Å². The third-order valence-electron chi connectivity index (χ3n) is 2.89. The van der Waals surface area contributed by atoms with Crippen LogP contribution in [0.5, 0.6) is 0 Å². The summed E-state index contributed by atoms with van der Waals surface area (Å²) in [6.07, 6.45) is -1.21. The van der Waals surface area contributed by atoms with Crippen LogP contribution in [-0.4, -0.2) is 9.78 Å². The highest BCUT2D eigenvalue weighted by Gasteiger charge is 2.31. The predicted molar refractivity (Wildman–Crippen MR) is 66.6 cm³/mol. The van der Waals surface area contributed by atoms with E-state index >= 15 is 0 Å². The second kappa shape index (κ2) is 5.15. The van der Waals surface area contributed by atoms with Crippen LogP contribution >= 0.6 is 0 Å². The maximum Gasteiger partial charge on any atom is 0.416 e. The number of aryl methyl sites for hydroxylation is 1. The van der Waals surface area contributed by atoms with Crippen molar-refractivity contribution < 1.29 is 17.6 Å². The molecule has 0 fully saturated rings. The number of hydrogen-bond donors (Lipinski definition) is 1. The molecule has 0 saturated heterocycles. The maximum atomic E-state index is 13.6. The fourth-order valence-corrected chi connectivity index (χ4v) is 1.79. The lowest BCUT2D eigenvalue weighted by Gasteiger charge is -2.16. The van der Waals surface area contributed by atoms with E-state index in [1.807, 2.05) is 0 Å². The van der Waals surface area contributed by atoms with Crippen LogP contribution in [0.2, 0.25) is 0 Å². The van der Waals surface area contributed by atoms with Crippen molar-refractivity contribution in [3.63, 3.8) is 0 Å². The van der Waals surface area contributed by atoms with Gasteiger partial charge < -0.3 is 5.32 Å². The molecule has 0 radical (unpaired) electrons. The van der Waals surface area contributed by atoms with Gasteiger partial charge in [0, 0.05) is 18.8 Å². The van der Waals surface area contributed by atoms with Gasteiger partial charge in [0.1, 0.15) is 5.82 Å². The summed E-state index contributed by atoms with van der Waals surface area (Å²) in [5, 5.41) is 6.69. The minimum Gasteiger partial charge on any atom is -0.376 e. The fourth-order valence-electron chi connectivity index (χ4n) is 1.79. The molecule has 0 bridgehead atoms. The van der Waals surface area contributed by atoms with Gasteiger partial charge in [-0.3, -0.25) is 4.68 Å². The molecule has 1 heterocycles. The number of aromatic nitrogens is 2. The molecule has 108 valence electrons. The first-order valence-electron chi connectivity index (χ1n) is 5.89. The van der Waals surface area contributed by atoms with E-state index in [0.29, 0.717) is 0 Å². The first kappa shape index (κ1) is 14.4. The lowest BCUT2D eigenvalue weighted by molar-refractivity contribution is -0.137. The van der Waals surface area contributed by atoms with Crippen LogP contribution in [0.1, 0.15) is 24.1 Å². The molecular formula is C13H13F4N3. The summed E-state index contributed by atoms with van der Waals surface area (Å²) in [5.74, 6) is -0.728. The minimum absolute atomic E-state index is 0.184. The summed E-state index contributed by atoms with van der Waals surface area (Å²) < 4.78 is 53.0. The Bertz CT molecular complexity index is 604. The summed E-state index contributed by atoms with van der Waals surface area (Å²) in [6.45, 7) is 1.72. The molecule has 1 N–H and O–H groups in total. The number of hydrogen-bond acceptors (Lipinski definition) is 2. The molecule has 3 nitrogen and oxygen atoms in total. The van der Waals surface area contributed by atoms with E-state index < -0.39 is 17.6 Å². The molecule has 0 aliphatic rings. The Kier molecular flexibility index (Phi) is 3.69. The molecule has 1 unspecified atom stereocenters. The summed E-state index contributed by atoms with van der Waals surface area (Å²) in [7, 11) is 1.72. The Morgan fingerprint density at radius 3 is 2.55 bits per heavy atom. The second-order valence-electron chi connectivity index (χ2n) is 4.51. The van der Waals surface area contributed by atoms with E-state index in [2.05, 4.69) is 10.4 Å². The van der Waals surface area contributed by atoms with Crippen LogP contribution in [0.25, 0.3) is 0 Å². The summed E-state index contributed by atoms with van der Waals surface area (Å²) in [5.41, 5.74) is -0.319. The molecule has 0 saturated carbocycles. The number of nitrogens with one attached hydrogen (secondary N) is 1. The number of nitrogens with zero attached hydrogens (tertiary/aromatic N) is 2. The van der Waals surface area contributed by atoms with Crippen molar-refractivity contribution in [2.24, 2.45) is 7.05 Å². The van der Waals surface area contributed by atoms with E-state index in [9.17, 15) is 17.6 Å². The van der Waals surface area contributed by atoms with Crippen molar-refractivity contribution in [3.8, 4) is 0 Å². The highest BCUT2D eigenvalue weighted by atomic mass is 19.4. The molecular weight excluding hydrogens is 274 g/mol. The van der Waals surface area contributed by atoms with Crippen LogP contribution in [0.3, 0.4) is 0 Å². The monoisotopic (exact) mass is 287 g/mol. The number of halogens is 4. The molecule has 0 aliphatic carbocycles. The van der Waals surface area contributed by atoms with Gasteiger partial charge in [0.25, 0.3) is 0 Å². The van der Waals surface area contributed by atoms with Gasteiger partial charge in [-0.25, -0.2) is 4.39 Å². The highest BCUT2D eigenvalue weighted by molar-refractivity contribution is 5.49. The minimum atomic E-state index is -4.50. The Morgan fingerprint density at radius 1 is 1.30 bits per heavy atom. The topological polar surface area (TPSA) is 29.9 Å². The molecule has 0 aliphatic heterocycles. The van der Waals surface area contributed by atoms with E-state index in [1.165, 1.54) is 0 Å². The third-order valence-corrected chi connectivity index (χ3v) is 2.89. The number of benzene rings is 1. The van der Waals surface area contributed by atoms with E-state index in [-0.39, 0.29) is 11.7 Å². The quantitative estimate of drug-likeness (QED) is 0.871. The van der Waals surface area contributed by atoms with Crippen molar-refractivity contribution in [2.45, 2.75) is 19.1 Å². The first-order valence-corrected chi connectivity index (χ1v) is 5.89. The van der Waals surface area contributed by atoms with Gasteiger partial charge in [-0.1, -0.05) is 0 Å². The van der Waals surface area contributed by atoms with Gasteiger partial charge >= 0.3 is 6.18 Å². The largest absolute Gasteiger partial charge is 0.416 e. The fraction of sp³-hybridized carbons (Fsp3) is 0.308. The van der Waals surface area contributed by atoms with Gasteiger partial charge in [-0.05, 0) is 25.1 Å². The number of rotatable bonds is 3. The zero-order chi connectivity index (χ0) is 14.9. The van der Waals surface area contributed by atoms with Gasteiger partial charge in [-0.15, -0.1) is 0 Å². The van der Waals surface area contributed by atoms with Crippen molar-refractivity contribution in [2.75, 3.05) is 5.32 Å². The molecule has 1 atom stereocenters. The lowest BCUT2D eigenvalue weighted by atomic mass is 10.1. The second-order valence-corrected chi connectivity index (χ2v) is 4.51. The average Bonchev–Trinajstić information content (AvgIpc) is 2.77. The Balaban J connectivity index is 2.24. The first-order chi connectivity index (χ1) is 9.27. The van der Waals surface area contributed by atoms with E-state index in [4.69, 9.17) is 0 Å². The Hall–Kier alpha value is -2.05. The zero-order valence-corrected chi connectivity index (χ0v) is 10.9. The van der Waals surface area contributed by atoms with E-state index in [0.717, 1.165) is 23.8 Å². The molecule has 2 rings (SSSR count). The maximum absolute atomic E-state index is 13.6. The van der Waals surface area contributed by atoms with Crippen LogP contribution in [0, 0.1) is 5.82 Å². The molecule has 2 aromatic rings. The predicted octanol–water partition coefficient (Wildman–Crippen LogP) is 3.75. The van der Waals surface area contributed by atoms with Crippen LogP contribution < -0.4 is 5.32 Å². The average molecular weight is 287 g/mol. The molecule has 1 aromatic carbocycles. The summed E-state index contributed by atoms with van der Waals surface area (Å²) >= 11 is 0. The number of anilines is 1. The van der Waals surface area contributed by atoms with Crippen molar-refractivity contribution in [1.29, 1.82) is 0 Å². The lowest BCUT2D eigenvalue weighted by Crippen LogP contribution is -2.10. The Morgan fingerprint density at radius 2 is 2.00 bits per heavy atom. The SMILES string of the molecule is CC(Nc1cc(C(F)(F)F)ccc1F)c1cnn(C)c1. The van der Waals surface area contributed by atoms with Gasteiger partial charge in [0.15, 0.2) is 0 Å². The smallest absolute Gasteiger partial charge is 0.376 e. The molecule has 20 heavy (non-hydrogen) atoms. The van der Waals surface area contributed by atoms with Crippen LogP contribution in [0.15, 0.2) is 30.6 Å². The summed E-state index contributed by atoms with van der Waals surface area (Å²) in [4.78, 5) is 0. The molecule has 7 heteroatoms. The summed E-state index contributed by atoms with van der Waals surface area (Å²) in [6, 6.07) is 1.93.